The fraction of sp³-hybridized carbons (Fsp3) is 0.680. The van der Waals surface area contributed by atoms with Crippen molar-refractivity contribution in [1.82, 2.24) is 15.1 Å². The van der Waals surface area contributed by atoms with Gasteiger partial charge < -0.3 is 25.0 Å². The van der Waals surface area contributed by atoms with E-state index in [9.17, 15) is 9.59 Å². The molecule has 8 nitrogen and oxygen atoms in total. The van der Waals surface area contributed by atoms with Gasteiger partial charge in [-0.05, 0) is 50.9 Å². The number of rotatable bonds is 3. The van der Waals surface area contributed by atoms with E-state index in [0.29, 0.717) is 30.2 Å². The van der Waals surface area contributed by atoms with Crippen LogP contribution in [-0.2, 0) is 4.74 Å². The minimum atomic E-state index is -0.236. The first-order valence-electron chi connectivity index (χ1n) is 12.1. The lowest BCUT2D eigenvalue weighted by molar-refractivity contribution is 0.0150. The third-order valence-corrected chi connectivity index (χ3v) is 6.95. The molecule has 0 aromatic heterocycles. The Kier molecular flexibility index (Phi) is 8.97. The maximum Gasteiger partial charge on any atom is 0.319 e. The van der Waals surface area contributed by atoms with Crippen molar-refractivity contribution in [2.75, 3.05) is 46.2 Å². The van der Waals surface area contributed by atoms with E-state index in [0.717, 1.165) is 32.2 Å². The summed E-state index contributed by atoms with van der Waals surface area (Å²) in [6.07, 6.45) is 5.48. The second-order valence-electron chi connectivity index (χ2n) is 9.68. The largest absolute Gasteiger partial charge is 0.491 e. The molecule has 184 valence electrons. The Labute approximate surface area is 198 Å². The summed E-state index contributed by atoms with van der Waals surface area (Å²) in [7, 11) is 5.55. The number of likely N-dealkylation sites (N-methyl/N-ethyl adjacent to an activating group) is 2. The highest BCUT2D eigenvalue weighted by Gasteiger charge is 2.27. The second kappa shape index (κ2) is 11.7. The van der Waals surface area contributed by atoms with Crippen LogP contribution in [0.1, 0.15) is 56.3 Å². The third-order valence-electron chi connectivity index (χ3n) is 6.95. The number of carbonyl (C=O) groups excluding carboxylic acids is 2. The zero-order valence-electron chi connectivity index (χ0n) is 20.7. The number of hydrogen-bond donors (Lipinski definition) is 2. The first-order valence-corrected chi connectivity index (χ1v) is 12.1. The van der Waals surface area contributed by atoms with Gasteiger partial charge in [-0.25, -0.2) is 4.79 Å². The number of amides is 3. The Hall–Kier alpha value is -2.32. The van der Waals surface area contributed by atoms with Crippen molar-refractivity contribution in [1.29, 1.82) is 0 Å². The number of urea groups is 1. The molecule has 3 amide bonds. The molecule has 0 spiro atoms. The van der Waals surface area contributed by atoms with Crippen LogP contribution in [-0.4, -0.2) is 80.8 Å². The van der Waals surface area contributed by atoms with Crippen LogP contribution in [0.3, 0.4) is 0 Å². The zero-order valence-corrected chi connectivity index (χ0v) is 20.7. The molecule has 1 aliphatic heterocycles. The molecule has 1 aliphatic carbocycles. The monoisotopic (exact) mass is 460 g/mol. The molecule has 1 fully saturated rings. The van der Waals surface area contributed by atoms with E-state index in [2.05, 4.69) is 36.4 Å². The van der Waals surface area contributed by atoms with Crippen LogP contribution in [0.25, 0.3) is 0 Å². The summed E-state index contributed by atoms with van der Waals surface area (Å²) < 4.78 is 11.8. The summed E-state index contributed by atoms with van der Waals surface area (Å²) in [5.74, 6) is 0.609. The molecule has 1 aromatic carbocycles. The minimum Gasteiger partial charge on any atom is -0.491 e. The average molecular weight is 461 g/mol. The number of ether oxygens (including phenoxy) is 2. The van der Waals surface area contributed by atoms with Crippen LogP contribution in [0.4, 0.5) is 10.5 Å². The molecule has 0 radical (unpaired) electrons. The number of benzene rings is 1. The number of nitrogens with one attached hydrogen (secondary N) is 2. The molecular weight excluding hydrogens is 420 g/mol. The summed E-state index contributed by atoms with van der Waals surface area (Å²) in [6.45, 7) is 6.03. The molecule has 2 aliphatic rings. The molecule has 1 aromatic rings. The van der Waals surface area contributed by atoms with E-state index in [4.69, 9.17) is 9.47 Å². The number of fused-ring (bicyclic) bond motifs is 1. The van der Waals surface area contributed by atoms with Crippen LogP contribution in [0.15, 0.2) is 18.2 Å². The Bertz CT molecular complexity index is 812. The lowest BCUT2D eigenvalue weighted by Gasteiger charge is -2.34. The molecule has 8 heteroatoms. The van der Waals surface area contributed by atoms with Crippen molar-refractivity contribution in [3.8, 4) is 5.75 Å². The number of methoxy groups -OCH3 is 1. The molecular formula is C25H40N4O4. The summed E-state index contributed by atoms with van der Waals surface area (Å²) in [5.41, 5.74) is 1.01. The molecule has 2 N–H and O–H groups in total. The predicted octanol–water partition coefficient (Wildman–Crippen LogP) is 3.58. The highest BCUT2D eigenvalue weighted by molar-refractivity contribution is 5.99. The highest BCUT2D eigenvalue weighted by atomic mass is 16.5. The molecule has 3 rings (SSSR count). The van der Waals surface area contributed by atoms with Gasteiger partial charge in [-0.3, -0.25) is 9.69 Å². The Balaban J connectivity index is 1.80. The first-order chi connectivity index (χ1) is 15.8. The summed E-state index contributed by atoms with van der Waals surface area (Å²) in [5, 5.41) is 5.95. The average Bonchev–Trinajstić information content (AvgIpc) is 2.80. The molecule has 1 heterocycles. The van der Waals surface area contributed by atoms with Gasteiger partial charge in [0.1, 0.15) is 12.4 Å². The number of hydrogen-bond acceptors (Lipinski definition) is 5. The van der Waals surface area contributed by atoms with Gasteiger partial charge >= 0.3 is 6.03 Å². The van der Waals surface area contributed by atoms with Gasteiger partial charge in [0.15, 0.2) is 0 Å². The van der Waals surface area contributed by atoms with E-state index in [1.54, 1.807) is 37.3 Å². The fourth-order valence-electron chi connectivity index (χ4n) is 4.63. The van der Waals surface area contributed by atoms with Gasteiger partial charge in [0.25, 0.3) is 5.91 Å². The molecule has 33 heavy (non-hydrogen) atoms. The molecule has 0 saturated heterocycles. The van der Waals surface area contributed by atoms with Gasteiger partial charge in [-0.1, -0.05) is 26.2 Å². The van der Waals surface area contributed by atoms with E-state index in [-0.39, 0.29) is 36.0 Å². The number of nitrogens with zero attached hydrogens (tertiary/aromatic N) is 2. The van der Waals surface area contributed by atoms with Crippen LogP contribution < -0.4 is 15.4 Å². The van der Waals surface area contributed by atoms with Gasteiger partial charge in [0.05, 0.1) is 11.7 Å². The van der Waals surface area contributed by atoms with E-state index < -0.39 is 0 Å². The van der Waals surface area contributed by atoms with Gasteiger partial charge in [-0.15, -0.1) is 0 Å². The lowest BCUT2D eigenvalue weighted by atomic mass is 9.96. The highest BCUT2D eigenvalue weighted by Crippen LogP contribution is 2.26. The molecule has 0 bridgehead atoms. The summed E-state index contributed by atoms with van der Waals surface area (Å²) in [4.78, 5) is 29.8. The van der Waals surface area contributed by atoms with Crippen molar-refractivity contribution in [2.24, 2.45) is 5.92 Å². The predicted molar refractivity (Wildman–Crippen MR) is 130 cm³/mol. The topological polar surface area (TPSA) is 83.1 Å². The Morgan fingerprint density at radius 1 is 1.12 bits per heavy atom. The summed E-state index contributed by atoms with van der Waals surface area (Å²) in [6, 6.07) is 5.41. The van der Waals surface area contributed by atoms with Crippen molar-refractivity contribution in [3.63, 3.8) is 0 Å². The van der Waals surface area contributed by atoms with Crippen molar-refractivity contribution in [3.05, 3.63) is 23.8 Å². The number of carbonyl (C=O) groups is 2. The fourth-order valence-corrected chi connectivity index (χ4v) is 4.63. The molecule has 3 atom stereocenters. The normalized spacial score (nSPS) is 25.9. The SMILES string of the molecule is CO[C@H]1CN(C)C(=O)c2cc(NC(=O)NC3CCCCC3)ccc2OC[C@H](C)N(C)C[C@@H]1C. The minimum absolute atomic E-state index is 0.0834. The maximum atomic E-state index is 13.4. The van der Waals surface area contributed by atoms with E-state index >= 15 is 0 Å². The standard InChI is InChI=1S/C25H40N4O4/c1-17-14-28(3)18(2)16-33-22-12-11-20(27-25(31)26-19-9-7-6-8-10-19)13-21(22)24(30)29(4)15-23(17)32-5/h11-13,17-19,23H,6-10,14-16H2,1-5H3,(H2,26,27,31)/t17-,18-,23-/m0/s1. The second-order valence-corrected chi connectivity index (χ2v) is 9.68. The summed E-state index contributed by atoms with van der Waals surface area (Å²) >= 11 is 0. The van der Waals surface area contributed by atoms with Gasteiger partial charge in [0, 0.05) is 45.0 Å². The van der Waals surface area contributed by atoms with Gasteiger partial charge in [-0.2, -0.15) is 0 Å². The van der Waals surface area contributed by atoms with Crippen molar-refractivity contribution < 1.29 is 19.1 Å². The van der Waals surface area contributed by atoms with Crippen LogP contribution >= 0.6 is 0 Å². The Morgan fingerprint density at radius 3 is 2.55 bits per heavy atom. The first kappa shape index (κ1) is 25.3. The quantitative estimate of drug-likeness (QED) is 0.721. The van der Waals surface area contributed by atoms with Gasteiger partial charge in [0.2, 0.25) is 0 Å². The van der Waals surface area contributed by atoms with Crippen molar-refractivity contribution >= 4 is 17.6 Å². The smallest absolute Gasteiger partial charge is 0.319 e. The van der Waals surface area contributed by atoms with E-state index in [1.807, 2.05) is 0 Å². The van der Waals surface area contributed by atoms with Crippen LogP contribution in [0.2, 0.25) is 0 Å². The van der Waals surface area contributed by atoms with Crippen LogP contribution in [0, 0.1) is 5.92 Å². The Morgan fingerprint density at radius 2 is 1.85 bits per heavy atom. The zero-order chi connectivity index (χ0) is 24.0. The lowest BCUT2D eigenvalue weighted by Crippen LogP contribution is -2.45. The maximum absolute atomic E-state index is 13.4. The number of anilines is 1. The third kappa shape index (κ3) is 6.84. The van der Waals surface area contributed by atoms with E-state index in [1.165, 1.54) is 6.42 Å². The molecule has 0 unspecified atom stereocenters. The van der Waals surface area contributed by atoms with Crippen molar-refractivity contribution in [2.45, 2.75) is 64.1 Å². The molecule has 1 saturated carbocycles. The van der Waals surface area contributed by atoms with Crippen LogP contribution in [0.5, 0.6) is 5.75 Å².